The summed E-state index contributed by atoms with van der Waals surface area (Å²) in [5.74, 6) is 0.835. The lowest BCUT2D eigenvalue weighted by Crippen LogP contribution is -2.50. The molecule has 0 aromatic heterocycles. The molecule has 0 spiro atoms. The molecule has 0 bridgehead atoms. The number of likely N-dealkylation sites (tertiary alicyclic amines) is 2. The lowest BCUT2D eigenvalue weighted by atomic mass is 9.96. The first-order valence-electron chi connectivity index (χ1n) is 8.23. The van der Waals surface area contributed by atoms with Gasteiger partial charge in [0.2, 0.25) is 0 Å². The van der Waals surface area contributed by atoms with Gasteiger partial charge in [0.1, 0.15) is 0 Å². The molecule has 2 N–H and O–H groups in total. The van der Waals surface area contributed by atoms with Gasteiger partial charge in [0.25, 0.3) is 0 Å². The summed E-state index contributed by atoms with van der Waals surface area (Å²) in [6, 6.07) is 0.193. The van der Waals surface area contributed by atoms with E-state index in [9.17, 15) is 10.2 Å². The maximum atomic E-state index is 10.3. The van der Waals surface area contributed by atoms with Crippen LogP contribution in [0.4, 0.5) is 0 Å². The Morgan fingerprint density at radius 1 is 1.10 bits per heavy atom. The minimum absolute atomic E-state index is 0.193. The Morgan fingerprint density at radius 2 is 1.75 bits per heavy atom. The van der Waals surface area contributed by atoms with Gasteiger partial charge in [0, 0.05) is 19.1 Å². The summed E-state index contributed by atoms with van der Waals surface area (Å²) in [5, 5.41) is 20.6. The van der Waals surface area contributed by atoms with Crippen molar-refractivity contribution in [3.05, 3.63) is 0 Å². The Labute approximate surface area is 123 Å². The minimum Gasteiger partial charge on any atom is -0.390 e. The van der Waals surface area contributed by atoms with Crippen LogP contribution in [-0.2, 0) is 0 Å². The average Bonchev–Trinajstić information content (AvgIpc) is 2.80. The fourth-order valence-electron chi connectivity index (χ4n) is 3.72. The van der Waals surface area contributed by atoms with Crippen LogP contribution in [0.1, 0.15) is 46.5 Å². The first-order valence-corrected chi connectivity index (χ1v) is 8.23. The Bertz CT molecular complexity index is 295. The number of aliphatic hydroxyl groups is 2. The molecule has 2 fully saturated rings. The summed E-state index contributed by atoms with van der Waals surface area (Å²) in [7, 11) is 0. The van der Waals surface area contributed by atoms with Crippen LogP contribution in [0.5, 0.6) is 0 Å². The molecule has 0 saturated carbocycles. The number of piperidine rings is 1. The van der Waals surface area contributed by atoms with Crippen molar-refractivity contribution in [3.8, 4) is 0 Å². The van der Waals surface area contributed by atoms with Crippen LogP contribution in [0.15, 0.2) is 0 Å². The summed E-state index contributed by atoms with van der Waals surface area (Å²) >= 11 is 0. The maximum Gasteiger partial charge on any atom is 0.0793 e. The van der Waals surface area contributed by atoms with Gasteiger partial charge >= 0.3 is 0 Å². The third-order valence-corrected chi connectivity index (χ3v) is 4.97. The Kier molecular flexibility index (Phi) is 5.46. The molecule has 0 aromatic carbocycles. The molecule has 2 unspecified atom stereocenters. The molecule has 4 nitrogen and oxygen atoms in total. The van der Waals surface area contributed by atoms with Crippen molar-refractivity contribution in [1.82, 2.24) is 9.80 Å². The second-order valence-corrected chi connectivity index (χ2v) is 7.44. The van der Waals surface area contributed by atoms with Crippen LogP contribution in [-0.4, -0.2) is 70.5 Å². The molecule has 2 aliphatic rings. The minimum atomic E-state index is -0.670. The SMILES string of the molecule is CC1CCN(CC(O)CN2CCCC2C(C)(C)O)CC1. The van der Waals surface area contributed by atoms with Crippen LogP contribution in [0, 0.1) is 5.92 Å². The molecular weight excluding hydrogens is 252 g/mol. The molecule has 2 saturated heterocycles. The van der Waals surface area contributed by atoms with Crippen molar-refractivity contribution in [2.24, 2.45) is 5.92 Å². The summed E-state index contributed by atoms with van der Waals surface area (Å²) in [6.07, 6.45) is 4.37. The van der Waals surface area contributed by atoms with Gasteiger partial charge < -0.3 is 15.1 Å². The van der Waals surface area contributed by atoms with Gasteiger partial charge in [-0.1, -0.05) is 6.92 Å². The summed E-state index contributed by atoms with van der Waals surface area (Å²) in [6.45, 7) is 10.8. The lowest BCUT2D eigenvalue weighted by molar-refractivity contribution is -0.0208. The standard InChI is InChI=1S/C16H32N2O2/c1-13-6-9-17(10-7-13)11-14(19)12-18-8-4-5-15(18)16(2,3)20/h13-15,19-20H,4-12H2,1-3H3. The number of hydrogen-bond acceptors (Lipinski definition) is 4. The van der Waals surface area contributed by atoms with Crippen molar-refractivity contribution >= 4 is 0 Å². The highest BCUT2D eigenvalue weighted by atomic mass is 16.3. The third-order valence-electron chi connectivity index (χ3n) is 4.97. The molecule has 20 heavy (non-hydrogen) atoms. The van der Waals surface area contributed by atoms with Crippen molar-refractivity contribution in [2.45, 2.75) is 64.2 Å². The molecule has 0 radical (unpaired) electrons. The fraction of sp³-hybridized carbons (Fsp3) is 1.00. The van der Waals surface area contributed by atoms with E-state index in [1.807, 2.05) is 13.8 Å². The first kappa shape index (κ1) is 16.2. The largest absolute Gasteiger partial charge is 0.390 e. The number of hydrogen-bond donors (Lipinski definition) is 2. The Morgan fingerprint density at radius 3 is 2.35 bits per heavy atom. The molecule has 0 aromatic rings. The second kappa shape index (κ2) is 6.73. The summed E-state index contributed by atoms with van der Waals surface area (Å²) in [5.41, 5.74) is -0.670. The van der Waals surface area contributed by atoms with E-state index in [0.717, 1.165) is 44.9 Å². The maximum absolute atomic E-state index is 10.3. The molecule has 0 amide bonds. The Balaban J connectivity index is 1.77. The topological polar surface area (TPSA) is 46.9 Å². The molecule has 2 rings (SSSR count). The zero-order valence-electron chi connectivity index (χ0n) is 13.4. The first-order chi connectivity index (χ1) is 9.36. The number of nitrogens with zero attached hydrogens (tertiary/aromatic N) is 2. The monoisotopic (exact) mass is 284 g/mol. The number of β-amino-alcohol motifs (C(OH)–C–C–N with tert-alkyl or cyclic N) is 1. The zero-order chi connectivity index (χ0) is 14.8. The molecule has 0 aliphatic carbocycles. The van der Waals surface area contributed by atoms with Gasteiger partial charge in [-0.2, -0.15) is 0 Å². The summed E-state index contributed by atoms with van der Waals surface area (Å²) in [4.78, 5) is 4.66. The molecule has 2 aliphatic heterocycles. The fourth-order valence-corrected chi connectivity index (χ4v) is 3.72. The smallest absolute Gasteiger partial charge is 0.0793 e. The van der Waals surface area contributed by atoms with E-state index in [-0.39, 0.29) is 12.1 Å². The van der Waals surface area contributed by atoms with Crippen molar-refractivity contribution < 1.29 is 10.2 Å². The normalized spacial score (nSPS) is 28.9. The van der Waals surface area contributed by atoms with E-state index in [1.165, 1.54) is 12.8 Å². The Hall–Kier alpha value is -0.160. The molecule has 2 atom stereocenters. The van der Waals surface area contributed by atoms with Crippen molar-refractivity contribution in [1.29, 1.82) is 0 Å². The molecule has 2 heterocycles. The van der Waals surface area contributed by atoms with Gasteiger partial charge in [-0.3, -0.25) is 4.90 Å². The number of aliphatic hydroxyl groups excluding tert-OH is 1. The quantitative estimate of drug-likeness (QED) is 0.799. The lowest BCUT2D eigenvalue weighted by Gasteiger charge is -2.36. The van der Waals surface area contributed by atoms with Crippen molar-refractivity contribution in [3.63, 3.8) is 0 Å². The van der Waals surface area contributed by atoms with E-state index >= 15 is 0 Å². The van der Waals surface area contributed by atoms with Crippen molar-refractivity contribution in [2.75, 3.05) is 32.7 Å². The second-order valence-electron chi connectivity index (χ2n) is 7.44. The highest BCUT2D eigenvalue weighted by molar-refractivity contribution is 4.91. The van der Waals surface area contributed by atoms with Crippen LogP contribution in [0.3, 0.4) is 0 Å². The molecule has 118 valence electrons. The predicted molar refractivity (Wildman–Crippen MR) is 81.7 cm³/mol. The molecule has 4 heteroatoms. The highest BCUT2D eigenvalue weighted by Gasteiger charge is 2.36. The highest BCUT2D eigenvalue weighted by Crippen LogP contribution is 2.27. The zero-order valence-corrected chi connectivity index (χ0v) is 13.4. The predicted octanol–water partition coefficient (Wildman–Crippen LogP) is 1.31. The van der Waals surface area contributed by atoms with Crippen LogP contribution in [0.2, 0.25) is 0 Å². The van der Waals surface area contributed by atoms with E-state index in [1.54, 1.807) is 0 Å². The number of rotatable bonds is 5. The molecular formula is C16H32N2O2. The van der Waals surface area contributed by atoms with Crippen LogP contribution >= 0.6 is 0 Å². The van der Waals surface area contributed by atoms with Crippen LogP contribution < -0.4 is 0 Å². The third kappa shape index (κ3) is 4.42. The van der Waals surface area contributed by atoms with Crippen LogP contribution in [0.25, 0.3) is 0 Å². The average molecular weight is 284 g/mol. The summed E-state index contributed by atoms with van der Waals surface area (Å²) < 4.78 is 0. The van der Waals surface area contributed by atoms with E-state index < -0.39 is 5.60 Å². The van der Waals surface area contributed by atoms with Gasteiger partial charge in [0.05, 0.1) is 11.7 Å². The van der Waals surface area contributed by atoms with Gasteiger partial charge in [-0.15, -0.1) is 0 Å². The van der Waals surface area contributed by atoms with E-state index in [2.05, 4.69) is 16.7 Å². The van der Waals surface area contributed by atoms with E-state index in [0.29, 0.717) is 6.54 Å². The van der Waals surface area contributed by atoms with E-state index in [4.69, 9.17) is 0 Å². The van der Waals surface area contributed by atoms with Gasteiger partial charge in [0.15, 0.2) is 0 Å². The van der Waals surface area contributed by atoms with Gasteiger partial charge in [-0.25, -0.2) is 0 Å². The van der Waals surface area contributed by atoms with Gasteiger partial charge in [-0.05, 0) is 65.1 Å².